The summed E-state index contributed by atoms with van der Waals surface area (Å²) in [6.07, 6.45) is 1.81. The van der Waals surface area contributed by atoms with Crippen LogP contribution in [0, 0.1) is 5.82 Å². The van der Waals surface area contributed by atoms with Gasteiger partial charge in [-0.25, -0.2) is 14.2 Å². The van der Waals surface area contributed by atoms with Gasteiger partial charge in [-0.1, -0.05) is 36.9 Å². The van der Waals surface area contributed by atoms with Gasteiger partial charge in [0.25, 0.3) is 0 Å². The molecule has 0 aromatic heterocycles. The number of esters is 1. The number of amides is 1. The summed E-state index contributed by atoms with van der Waals surface area (Å²) in [7, 11) is 1.50. The van der Waals surface area contributed by atoms with Gasteiger partial charge in [0, 0.05) is 6.42 Å². The SMILES string of the molecule is CCOC(=O)C1=C(O)/C(=C/c2ccc(OCc3ccc(F)cc3)c(OC)c2)SC1=NC(=O)CC. The lowest BCUT2D eigenvalue weighted by Gasteiger charge is -2.12. The Morgan fingerprint density at radius 3 is 2.50 bits per heavy atom. The van der Waals surface area contributed by atoms with Crippen LogP contribution >= 0.6 is 11.8 Å². The molecule has 0 radical (unpaired) electrons. The van der Waals surface area contributed by atoms with Crippen molar-refractivity contribution in [2.45, 2.75) is 26.9 Å². The molecule has 1 aliphatic heterocycles. The van der Waals surface area contributed by atoms with E-state index in [1.54, 1.807) is 50.3 Å². The van der Waals surface area contributed by atoms with Crippen molar-refractivity contribution >= 4 is 34.8 Å². The summed E-state index contributed by atoms with van der Waals surface area (Å²) in [5, 5.41) is 10.8. The molecule has 0 aliphatic carbocycles. The highest BCUT2D eigenvalue weighted by Gasteiger charge is 2.33. The monoisotopic (exact) mass is 485 g/mol. The molecule has 0 fully saturated rings. The molecule has 0 spiro atoms. The molecule has 3 rings (SSSR count). The molecule has 1 amide bonds. The Morgan fingerprint density at radius 2 is 1.85 bits per heavy atom. The number of thioether (sulfide) groups is 1. The second kappa shape index (κ2) is 11.5. The number of rotatable bonds is 8. The first-order chi connectivity index (χ1) is 16.4. The van der Waals surface area contributed by atoms with Crippen LogP contribution in [0.3, 0.4) is 0 Å². The molecule has 34 heavy (non-hydrogen) atoms. The Labute approximate surface area is 200 Å². The largest absolute Gasteiger partial charge is 0.506 e. The zero-order valence-corrected chi connectivity index (χ0v) is 19.8. The highest BCUT2D eigenvalue weighted by atomic mass is 32.2. The molecular weight excluding hydrogens is 461 g/mol. The topological polar surface area (TPSA) is 94.4 Å². The minimum atomic E-state index is -0.749. The van der Waals surface area contributed by atoms with Gasteiger partial charge in [-0.05, 0) is 48.4 Å². The van der Waals surface area contributed by atoms with E-state index in [4.69, 9.17) is 14.2 Å². The fourth-order valence-electron chi connectivity index (χ4n) is 2.97. The standard InChI is InChI=1S/C25H24FNO6S/c1-4-21(28)27-24-22(25(30)32-5-2)23(29)20(34-24)13-16-8-11-18(19(12-16)31-3)33-14-15-6-9-17(26)10-7-15/h6-13,29H,4-5,14H2,1-3H3/b20-13-,27-24?. The second-order valence-electron chi connectivity index (χ2n) is 7.04. The lowest BCUT2D eigenvalue weighted by Crippen LogP contribution is -2.14. The average molecular weight is 486 g/mol. The number of methoxy groups -OCH3 is 1. The Hall–Kier alpha value is -3.59. The van der Waals surface area contributed by atoms with E-state index in [2.05, 4.69) is 4.99 Å². The number of benzene rings is 2. The van der Waals surface area contributed by atoms with E-state index in [1.807, 2.05) is 0 Å². The Kier molecular flexibility index (Phi) is 8.48. The van der Waals surface area contributed by atoms with Gasteiger partial charge in [0.1, 0.15) is 28.8 Å². The van der Waals surface area contributed by atoms with E-state index in [1.165, 1.54) is 19.2 Å². The first-order valence-electron chi connectivity index (χ1n) is 10.5. The number of carbonyl (C=O) groups is 2. The lowest BCUT2D eigenvalue weighted by atomic mass is 10.1. The van der Waals surface area contributed by atoms with Crippen LogP contribution in [0.5, 0.6) is 11.5 Å². The van der Waals surface area contributed by atoms with E-state index in [-0.39, 0.29) is 41.8 Å². The van der Waals surface area contributed by atoms with Crippen molar-refractivity contribution in [1.29, 1.82) is 0 Å². The summed E-state index contributed by atoms with van der Waals surface area (Å²) in [6.45, 7) is 3.65. The smallest absolute Gasteiger partial charge is 0.344 e. The lowest BCUT2D eigenvalue weighted by molar-refractivity contribution is -0.138. The van der Waals surface area contributed by atoms with E-state index < -0.39 is 11.9 Å². The molecule has 1 N–H and O–H groups in total. The summed E-state index contributed by atoms with van der Waals surface area (Å²) in [6, 6.07) is 11.2. The van der Waals surface area contributed by atoms with Crippen molar-refractivity contribution in [3.63, 3.8) is 0 Å². The van der Waals surface area contributed by atoms with Crippen molar-refractivity contribution in [2.24, 2.45) is 4.99 Å². The minimum absolute atomic E-state index is 0.0975. The average Bonchev–Trinajstić information content (AvgIpc) is 3.13. The van der Waals surface area contributed by atoms with Crippen LogP contribution in [-0.4, -0.2) is 35.7 Å². The van der Waals surface area contributed by atoms with E-state index >= 15 is 0 Å². The summed E-state index contributed by atoms with van der Waals surface area (Å²) in [5.41, 5.74) is 1.32. The maximum absolute atomic E-state index is 13.1. The highest BCUT2D eigenvalue weighted by Crippen LogP contribution is 2.40. The number of carbonyl (C=O) groups excluding carboxylic acids is 2. The van der Waals surface area contributed by atoms with Gasteiger partial charge in [0.05, 0.1) is 18.6 Å². The molecule has 0 atom stereocenters. The number of aliphatic hydroxyl groups excluding tert-OH is 1. The van der Waals surface area contributed by atoms with Crippen LogP contribution < -0.4 is 9.47 Å². The maximum Gasteiger partial charge on any atom is 0.344 e. The van der Waals surface area contributed by atoms with E-state index in [0.29, 0.717) is 22.0 Å². The Balaban J connectivity index is 1.87. The summed E-state index contributed by atoms with van der Waals surface area (Å²) < 4.78 is 29.3. The van der Waals surface area contributed by atoms with Gasteiger partial charge in [-0.15, -0.1) is 0 Å². The summed E-state index contributed by atoms with van der Waals surface area (Å²) in [5.74, 6) is -0.858. The third-order valence-electron chi connectivity index (χ3n) is 4.69. The maximum atomic E-state index is 13.1. The van der Waals surface area contributed by atoms with Crippen molar-refractivity contribution < 1.29 is 33.3 Å². The normalized spacial score (nSPS) is 15.6. The molecule has 2 aromatic carbocycles. The van der Waals surface area contributed by atoms with E-state index in [9.17, 15) is 19.1 Å². The van der Waals surface area contributed by atoms with Gasteiger partial charge in [-0.3, -0.25) is 4.79 Å². The van der Waals surface area contributed by atoms with Crippen molar-refractivity contribution in [1.82, 2.24) is 0 Å². The van der Waals surface area contributed by atoms with Gasteiger partial charge in [0.15, 0.2) is 11.5 Å². The number of hydrogen-bond donors (Lipinski definition) is 1. The van der Waals surface area contributed by atoms with Gasteiger partial charge >= 0.3 is 5.97 Å². The molecule has 2 aromatic rings. The molecule has 0 saturated carbocycles. The molecule has 1 aliphatic rings. The predicted molar refractivity (Wildman–Crippen MR) is 128 cm³/mol. The quantitative estimate of drug-likeness (QED) is 0.513. The van der Waals surface area contributed by atoms with Crippen molar-refractivity contribution in [3.05, 3.63) is 75.6 Å². The molecule has 0 unspecified atom stereocenters. The summed E-state index contributed by atoms with van der Waals surface area (Å²) in [4.78, 5) is 28.5. The predicted octanol–water partition coefficient (Wildman–Crippen LogP) is 5.21. The van der Waals surface area contributed by atoms with Gasteiger partial charge in [0.2, 0.25) is 5.91 Å². The molecule has 1 heterocycles. The molecule has 9 heteroatoms. The van der Waals surface area contributed by atoms with E-state index in [0.717, 1.165) is 17.3 Å². The zero-order valence-electron chi connectivity index (χ0n) is 19.0. The van der Waals surface area contributed by atoms with Crippen molar-refractivity contribution in [3.8, 4) is 11.5 Å². The van der Waals surface area contributed by atoms with Crippen LogP contribution in [0.15, 0.2) is 63.7 Å². The third kappa shape index (κ3) is 6.05. The van der Waals surface area contributed by atoms with Crippen LogP contribution in [0.25, 0.3) is 6.08 Å². The number of nitrogens with zero attached hydrogens (tertiary/aromatic N) is 1. The number of hydrogen-bond acceptors (Lipinski definition) is 7. The number of aliphatic hydroxyl groups is 1. The van der Waals surface area contributed by atoms with Gasteiger partial charge in [-0.2, -0.15) is 0 Å². The van der Waals surface area contributed by atoms with Crippen molar-refractivity contribution in [2.75, 3.05) is 13.7 Å². The number of ether oxygens (including phenoxy) is 3. The molecule has 7 nitrogen and oxygen atoms in total. The second-order valence-corrected chi connectivity index (χ2v) is 8.08. The molecular formula is C25H24FNO6S. The molecule has 0 bridgehead atoms. The molecule has 178 valence electrons. The fourth-order valence-corrected chi connectivity index (χ4v) is 4.00. The highest BCUT2D eigenvalue weighted by molar-refractivity contribution is 8.18. The minimum Gasteiger partial charge on any atom is -0.506 e. The number of aliphatic imine (C=N–C) groups is 1. The first-order valence-corrected chi connectivity index (χ1v) is 11.3. The zero-order chi connectivity index (χ0) is 24.7. The molecule has 0 saturated heterocycles. The Bertz CT molecular complexity index is 1170. The summed E-state index contributed by atoms with van der Waals surface area (Å²) >= 11 is 1.01. The Morgan fingerprint density at radius 1 is 1.12 bits per heavy atom. The van der Waals surface area contributed by atoms with Crippen LogP contribution in [0.2, 0.25) is 0 Å². The van der Waals surface area contributed by atoms with Crippen LogP contribution in [0.4, 0.5) is 4.39 Å². The van der Waals surface area contributed by atoms with Gasteiger partial charge < -0.3 is 19.3 Å². The number of halogens is 1. The van der Waals surface area contributed by atoms with Crippen LogP contribution in [0.1, 0.15) is 31.4 Å². The van der Waals surface area contributed by atoms with Crippen LogP contribution in [-0.2, 0) is 20.9 Å². The third-order valence-corrected chi connectivity index (χ3v) is 5.71. The fraction of sp³-hybridized carbons (Fsp3) is 0.240. The first kappa shape index (κ1) is 25.0.